The fraction of sp³-hybridized carbons (Fsp3) is 0.158. The molecule has 0 spiro atoms. The number of aromatic nitrogens is 1. The molecule has 0 aliphatic rings. The van der Waals surface area contributed by atoms with Crippen LogP contribution in [0.15, 0.2) is 58.3 Å². The topological polar surface area (TPSA) is 76.3 Å². The van der Waals surface area contributed by atoms with Gasteiger partial charge in [-0.1, -0.05) is 12.1 Å². The van der Waals surface area contributed by atoms with Crippen LogP contribution in [0.1, 0.15) is 11.1 Å². The number of carbonyl (C=O) groups is 1. The number of aryl methyl sites for hydroxylation is 2. The van der Waals surface area contributed by atoms with Crippen LogP contribution in [0.4, 0.5) is 16.2 Å². The summed E-state index contributed by atoms with van der Waals surface area (Å²) in [5.41, 5.74) is 4.47. The van der Waals surface area contributed by atoms with Gasteiger partial charge in [0.2, 0.25) is 0 Å². The van der Waals surface area contributed by atoms with Crippen molar-refractivity contribution in [1.29, 1.82) is 0 Å². The maximum atomic E-state index is 12.2. The van der Waals surface area contributed by atoms with Gasteiger partial charge in [-0.15, -0.1) is 6.58 Å². The number of benzene rings is 2. The summed E-state index contributed by atoms with van der Waals surface area (Å²) in [6.45, 7) is 7.94. The number of allylic oxidation sites excluding steroid dienone is 1. The van der Waals surface area contributed by atoms with E-state index in [0.29, 0.717) is 23.3 Å². The van der Waals surface area contributed by atoms with Gasteiger partial charge in [0.1, 0.15) is 0 Å². The van der Waals surface area contributed by atoms with E-state index in [9.17, 15) is 9.59 Å². The van der Waals surface area contributed by atoms with Gasteiger partial charge >= 0.3 is 11.8 Å². The standard InChI is InChI=1S/C19H19N3O3/c1-4-7-22-16-6-5-14(11-17(16)25-19(22)24)20-18(23)21-15-9-12(2)8-13(3)10-15/h4-6,8-11H,1,7H2,2-3H3,(H2,20,21,23). The highest BCUT2D eigenvalue weighted by Gasteiger charge is 2.10. The first-order valence-electron chi connectivity index (χ1n) is 7.87. The Kier molecular flexibility index (Phi) is 4.43. The minimum atomic E-state index is -0.452. The minimum absolute atomic E-state index is 0.364. The zero-order valence-electron chi connectivity index (χ0n) is 14.1. The molecular weight excluding hydrogens is 318 g/mol. The van der Waals surface area contributed by atoms with Crippen molar-refractivity contribution in [3.8, 4) is 0 Å². The Hall–Kier alpha value is -3.28. The Labute approximate surface area is 144 Å². The van der Waals surface area contributed by atoms with Gasteiger partial charge in [-0.25, -0.2) is 9.59 Å². The number of hydrogen-bond donors (Lipinski definition) is 2. The highest BCUT2D eigenvalue weighted by atomic mass is 16.4. The quantitative estimate of drug-likeness (QED) is 0.705. The maximum absolute atomic E-state index is 12.2. The molecule has 0 saturated heterocycles. The number of nitrogens with zero attached hydrogens (tertiary/aromatic N) is 1. The van der Waals surface area contributed by atoms with Gasteiger partial charge in [0.05, 0.1) is 5.52 Å². The molecule has 0 saturated carbocycles. The molecule has 3 aromatic rings. The van der Waals surface area contributed by atoms with E-state index in [1.807, 2.05) is 32.0 Å². The summed E-state index contributed by atoms with van der Waals surface area (Å²) >= 11 is 0. The van der Waals surface area contributed by atoms with Crippen LogP contribution >= 0.6 is 0 Å². The third kappa shape index (κ3) is 3.63. The minimum Gasteiger partial charge on any atom is -0.408 e. The molecule has 128 valence electrons. The predicted octanol–water partition coefficient (Wildman–Crippen LogP) is 4.04. The Bertz CT molecular complexity index is 994. The van der Waals surface area contributed by atoms with Crippen LogP contribution in [0.2, 0.25) is 0 Å². The Morgan fingerprint density at radius 1 is 1.12 bits per heavy atom. The molecule has 2 amide bonds. The summed E-state index contributed by atoms with van der Waals surface area (Å²) in [6, 6.07) is 10.5. The van der Waals surface area contributed by atoms with Crippen LogP contribution in [0.3, 0.4) is 0 Å². The number of hydrogen-bond acceptors (Lipinski definition) is 3. The summed E-state index contributed by atoms with van der Waals surface area (Å²) in [6.07, 6.45) is 1.62. The monoisotopic (exact) mass is 337 g/mol. The highest BCUT2D eigenvalue weighted by molar-refractivity contribution is 6.00. The zero-order chi connectivity index (χ0) is 18.0. The molecule has 3 rings (SSSR count). The number of rotatable bonds is 4. The lowest BCUT2D eigenvalue weighted by atomic mass is 10.1. The summed E-state index contributed by atoms with van der Waals surface area (Å²) in [4.78, 5) is 24.0. The zero-order valence-corrected chi connectivity index (χ0v) is 14.1. The van der Waals surface area contributed by atoms with E-state index in [1.165, 1.54) is 4.57 Å². The van der Waals surface area contributed by atoms with Crippen molar-refractivity contribution in [2.24, 2.45) is 0 Å². The Balaban J connectivity index is 1.79. The average molecular weight is 337 g/mol. The highest BCUT2D eigenvalue weighted by Crippen LogP contribution is 2.19. The molecule has 6 heteroatoms. The third-order valence-electron chi connectivity index (χ3n) is 3.72. The number of carbonyl (C=O) groups excluding carboxylic acids is 1. The summed E-state index contributed by atoms with van der Waals surface area (Å²) in [7, 11) is 0. The molecule has 0 radical (unpaired) electrons. The van der Waals surface area contributed by atoms with Crippen molar-refractivity contribution in [3.63, 3.8) is 0 Å². The van der Waals surface area contributed by atoms with Crippen LogP contribution in [0.25, 0.3) is 11.1 Å². The summed E-state index contributed by atoms with van der Waals surface area (Å²) in [5.74, 6) is -0.452. The van der Waals surface area contributed by atoms with E-state index in [4.69, 9.17) is 4.42 Å². The maximum Gasteiger partial charge on any atom is 0.420 e. The number of nitrogens with one attached hydrogen (secondary N) is 2. The Morgan fingerprint density at radius 2 is 1.80 bits per heavy atom. The van der Waals surface area contributed by atoms with Crippen molar-refractivity contribution >= 4 is 28.5 Å². The normalized spacial score (nSPS) is 10.6. The van der Waals surface area contributed by atoms with Crippen LogP contribution in [-0.2, 0) is 6.54 Å². The van der Waals surface area contributed by atoms with E-state index >= 15 is 0 Å². The van der Waals surface area contributed by atoms with Crippen molar-refractivity contribution < 1.29 is 9.21 Å². The molecule has 25 heavy (non-hydrogen) atoms. The van der Waals surface area contributed by atoms with Crippen molar-refractivity contribution in [1.82, 2.24) is 4.57 Å². The first kappa shape index (κ1) is 16.6. The molecule has 0 fully saturated rings. The van der Waals surface area contributed by atoms with E-state index in [0.717, 1.165) is 16.8 Å². The number of anilines is 2. The molecule has 2 aromatic carbocycles. The number of fused-ring (bicyclic) bond motifs is 1. The smallest absolute Gasteiger partial charge is 0.408 e. The van der Waals surface area contributed by atoms with Gasteiger partial charge in [-0.05, 0) is 49.2 Å². The first-order valence-corrected chi connectivity index (χ1v) is 7.87. The number of oxazole rings is 1. The average Bonchev–Trinajstić information content (AvgIpc) is 2.81. The number of amides is 2. The molecule has 6 nitrogen and oxygen atoms in total. The van der Waals surface area contributed by atoms with Gasteiger partial charge in [-0.2, -0.15) is 0 Å². The SMILES string of the molecule is C=CCn1c(=O)oc2cc(NC(=O)Nc3cc(C)cc(C)c3)ccc21. The van der Waals surface area contributed by atoms with Crippen molar-refractivity contribution in [2.45, 2.75) is 20.4 Å². The second kappa shape index (κ2) is 6.68. The van der Waals surface area contributed by atoms with E-state index in [-0.39, 0.29) is 6.03 Å². The third-order valence-corrected chi connectivity index (χ3v) is 3.72. The second-order valence-corrected chi connectivity index (χ2v) is 5.91. The van der Waals surface area contributed by atoms with E-state index in [2.05, 4.69) is 17.2 Å². The van der Waals surface area contributed by atoms with Gasteiger partial charge < -0.3 is 15.1 Å². The predicted molar refractivity (Wildman–Crippen MR) is 99.2 cm³/mol. The fourth-order valence-electron chi connectivity index (χ4n) is 2.79. The first-order chi connectivity index (χ1) is 12.0. The van der Waals surface area contributed by atoms with E-state index < -0.39 is 5.76 Å². The van der Waals surface area contributed by atoms with Gasteiger partial charge in [0.15, 0.2) is 5.58 Å². The lowest BCUT2D eigenvalue weighted by Crippen LogP contribution is -2.19. The van der Waals surface area contributed by atoms with Crippen molar-refractivity contribution in [2.75, 3.05) is 10.6 Å². The van der Waals surface area contributed by atoms with Crippen LogP contribution in [0.5, 0.6) is 0 Å². The fourth-order valence-corrected chi connectivity index (χ4v) is 2.79. The van der Waals surface area contributed by atoms with Gasteiger partial charge in [-0.3, -0.25) is 4.57 Å². The molecule has 0 aliphatic heterocycles. The molecule has 0 bridgehead atoms. The Morgan fingerprint density at radius 3 is 2.48 bits per heavy atom. The van der Waals surface area contributed by atoms with Crippen molar-refractivity contribution in [3.05, 3.63) is 70.7 Å². The molecule has 0 unspecified atom stereocenters. The molecule has 1 heterocycles. The van der Waals surface area contributed by atoms with Crippen LogP contribution < -0.4 is 16.4 Å². The molecule has 1 aromatic heterocycles. The molecular formula is C19H19N3O3. The van der Waals surface area contributed by atoms with E-state index in [1.54, 1.807) is 24.3 Å². The number of urea groups is 1. The lowest BCUT2D eigenvalue weighted by Gasteiger charge is -2.09. The molecule has 0 aliphatic carbocycles. The molecule has 0 atom stereocenters. The second-order valence-electron chi connectivity index (χ2n) is 5.91. The van der Waals surface area contributed by atoms with Crippen LogP contribution in [0, 0.1) is 13.8 Å². The lowest BCUT2D eigenvalue weighted by molar-refractivity contribution is 0.262. The van der Waals surface area contributed by atoms with Crippen LogP contribution in [-0.4, -0.2) is 10.6 Å². The summed E-state index contributed by atoms with van der Waals surface area (Å²) in [5, 5.41) is 5.54. The van der Waals surface area contributed by atoms with Gasteiger partial charge in [0.25, 0.3) is 0 Å². The molecule has 2 N–H and O–H groups in total. The van der Waals surface area contributed by atoms with Gasteiger partial charge in [0, 0.05) is 24.0 Å². The summed E-state index contributed by atoms with van der Waals surface area (Å²) < 4.78 is 6.69. The largest absolute Gasteiger partial charge is 0.420 e.